The van der Waals surface area contributed by atoms with Gasteiger partial charge in [0, 0.05) is 18.0 Å². The van der Waals surface area contributed by atoms with E-state index in [-0.39, 0.29) is 22.6 Å². The summed E-state index contributed by atoms with van der Waals surface area (Å²) in [4.78, 5) is 15.0. The molecule has 0 spiro atoms. The highest BCUT2D eigenvalue weighted by molar-refractivity contribution is 7.89. The van der Waals surface area contributed by atoms with E-state index in [1.807, 2.05) is 20.8 Å². The van der Waals surface area contributed by atoms with Gasteiger partial charge < -0.3 is 9.72 Å². The van der Waals surface area contributed by atoms with Crippen molar-refractivity contribution < 1.29 is 13.2 Å². The van der Waals surface area contributed by atoms with Crippen molar-refractivity contribution in [3.8, 4) is 5.75 Å². The number of nitrogens with one attached hydrogen (secondary N) is 2. The van der Waals surface area contributed by atoms with Gasteiger partial charge in [0.15, 0.2) is 5.75 Å². The van der Waals surface area contributed by atoms with Crippen LogP contribution in [0.5, 0.6) is 5.75 Å². The summed E-state index contributed by atoms with van der Waals surface area (Å²) in [6.07, 6.45) is 1.46. The van der Waals surface area contributed by atoms with E-state index in [4.69, 9.17) is 4.74 Å². The van der Waals surface area contributed by atoms with Crippen molar-refractivity contribution in [2.75, 3.05) is 6.61 Å². The van der Waals surface area contributed by atoms with Crippen LogP contribution in [0.15, 0.2) is 46.2 Å². The molecule has 0 bridgehead atoms. The van der Waals surface area contributed by atoms with Crippen LogP contribution in [0, 0.1) is 12.8 Å². The standard InChI is InChI=1S/C17H22N2O4S/c1-12(2)11-23-17-10-18-14(8-16(17)20)9-19-24(21,22)15-6-4-13(3)5-7-15/h4-8,10,12,19H,9,11H2,1-3H3,(H,18,20). The van der Waals surface area contributed by atoms with Crippen LogP contribution in [0.3, 0.4) is 0 Å². The molecule has 7 heteroatoms. The van der Waals surface area contributed by atoms with Gasteiger partial charge in [-0.1, -0.05) is 31.5 Å². The van der Waals surface area contributed by atoms with Gasteiger partial charge >= 0.3 is 0 Å². The number of pyridine rings is 1. The quantitative estimate of drug-likeness (QED) is 0.801. The highest BCUT2D eigenvalue weighted by Gasteiger charge is 2.14. The molecule has 130 valence electrons. The number of aryl methyl sites for hydroxylation is 1. The molecule has 0 aliphatic heterocycles. The molecule has 0 amide bonds. The van der Waals surface area contributed by atoms with Gasteiger partial charge in [-0.3, -0.25) is 4.79 Å². The van der Waals surface area contributed by atoms with Crippen LogP contribution in [-0.2, 0) is 16.6 Å². The zero-order valence-electron chi connectivity index (χ0n) is 14.0. The first-order valence-corrected chi connectivity index (χ1v) is 9.17. The zero-order valence-corrected chi connectivity index (χ0v) is 14.8. The van der Waals surface area contributed by atoms with Gasteiger partial charge in [-0.2, -0.15) is 0 Å². The summed E-state index contributed by atoms with van der Waals surface area (Å²) < 4.78 is 32.3. The molecule has 1 aromatic carbocycles. The van der Waals surface area contributed by atoms with E-state index >= 15 is 0 Å². The second kappa shape index (κ2) is 7.63. The Kier molecular flexibility index (Phi) is 5.80. The number of sulfonamides is 1. The normalized spacial score (nSPS) is 11.7. The lowest BCUT2D eigenvalue weighted by Gasteiger charge is -2.10. The molecule has 0 unspecified atom stereocenters. The average Bonchev–Trinajstić information content (AvgIpc) is 2.52. The van der Waals surface area contributed by atoms with E-state index < -0.39 is 10.0 Å². The first-order valence-electron chi connectivity index (χ1n) is 7.68. The lowest BCUT2D eigenvalue weighted by Crippen LogP contribution is -2.24. The monoisotopic (exact) mass is 350 g/mol. The average molecular weight is 350 g/mol. The molecule has 0 radical (unpaired) electrons. The third-order valence-electron chi connectivity index (χ3n) is 3.29. The van der Waals surface area contributed by atoms with Crippen LogP contribution in [0.1, 0.15) is 25.1 Å². The van der Waals surface area contributed by atoms with Gasteiger partial charge in [0.25, 0.3) is 0 Å². The van der Waals surface area contributed by atoms with Crippen molar-refractivity contribution in [1.29, 1.82) is 0 Å². The molecule has 2 aromatic rings. The number of rotatable bonds is 7. The Morgan fingerprint density at radius 2 is 1.88 bits per heavy atom. The Morgan fingerprint density at radius 1 is 1.21 bits per heavy atom. The molecule has 24 heavy (non-hydrogen) atoms. The van der Waals surface area contributed by atoms with Crippen LogP contribution in [0.2, 0.25) is 0 Å². The molecule has 2 N–H and O–H groups in total. The maximum absolute atomic E-state index is 12.2. The Labute approximate surface area is 141 Å². The summed E-state index contributed by atoms with van der Waals surface area (Å²) >= 11 is 0. The highest BCUT2D eigenvalue weighted by atomic mass is 32.2. The summed E-state index contributed by atoms with van der Waals surface area (Å²) in [6.45, 7) is 6.31. The molecule has 0 aliphatic carbocycles. The highest BCUT2D eigenvalue weighted by Crippen LogP contribution is 2.11. The number of ether oxygens (including phenoxy) is 1. The van der Waals surface area contributed by atoms with Crippen molar-refractivity contribution in [3.63, 3.8) is 0 Å². The van der Waals surface area contributed by atoms with E-state index in [1.165, 1.54) is 12.3 Å². The molecule has 0 atom stereocenters. The Balaban J connectivity index is 2.05. The largest absolute Gasteiger partial charge is 0.488 e. The van der Waals surface area contributed by atoms with Gasteiger partial charge in [0.05, 0.1) is 18.0 Å². The predicted octanol–water partition coefficient (Wildman–Crippen LogP) is 2.20. The molecule has 1 heterocycles. The molecule has 0 saturated heterocycles. The SMILES string of the molecule is Cc1ccc(S(=O)(=O)NCc2cc(=O)c(OCC(C)C)c[nH]2)cc1. The fourth-order valence-corrected chi connectivity index (χ4v) is 2.95. The molecule has 1 aromatic heterocycles. The van der Waals surface area contributed by atoms with Crippen LogP contribution < -0.4 is 14.9 Å². The second-order valence-corrected chi connectivity index (χ2v) is 7.80. The van der Waals surface area contributed by atoms with Crippen LogP contribution in [0.25, 0.3) is 0 Å². The number of aromatic nitrogens is 1. The van der Waals surface area contributed by atoms with Crippen molar-refractivity contribution in [2.45, 2.75) is 32.2 Å². The summed E-state index contributed by atoms with van der Waals surface area (Å²) in [5, 5.41) is 0. The minimum Gasteiger partial charge on any atom is -0.488 e. The van der Waals surface area contributed by atoms with Gasteiger partial charge in [-0.05, 0) is 25.0 Å². The molecule has 0 fully saturated rings. The Hall–Kier alpha value is -2.12. The number of benzene rings is 1. The van der Waals surface area contributed by atoms with E-state index in [0.29, 0.717) is 18.2 Å². The smallest absolute Gasteiger partial charge is 0.240 e. The topological polar surface area (TPSA) is 88.3 Å². The summed E-state index contributed by atoms with van der Waals surface area (Å²) in [6, 6.07) is 7.90. The summed E-state index contributed by atoms with van der Waals surface area (Å²) in [5.74, 6) is 0.541. The first-order chi connectivity index (χ1) is 11.3. The fourth-order valence-electron chi connectivity index (χ4n) is 1.95. The van der Waals surface area contributed by atoms with Crippen molar-refractivity contribution in [1.82, 2.24) is 9.71 Å². The number of aromatic amines is 1. The Bertz CT molecular complexity index is 840. The maximum Gasteiger partial charge on any atom is 0.240 e. The molecule has 2 rings (SSSR count). The van der Waals surface area contributed by atoms with Crippen LogP contribution in [-0.4, -0.2) is 20.0 Å². The molecular formula is C17H22N2O4S. The first kappa shape index (κ1) is 18.2. The van der Waals surface area contributed by atoms with Crippen molar-refractivity contribution in [2.24, 2.45) is 5.92 Å². The minimum absolute atomic E-state index is 0.00406. The number of hydrogen-bond donors (Lipinski definition) is 2. The zero-order chi connectivity index (χ0) is 17.7. The lowest BCUT2D eigenvalue weighted by atomic mass is 10.2. The van der Waals surface area contributed by atoms with Gasteiger partial charge in [-0.15, -0.1) is 0 Å². The third-order valence-corrected chi connectivity index (χ3v) is 4.71. The number of hydrogen-bond acceptors (Lipinski definition) is 4. The van der Waals surface area contributed by atoms with Crippen LogP contribution >= 0.6 is 0 Å². The molecule has 0 aliphatic rings. The Morgan fingerprint density at radius 3 is 2.46 bits per heavy atom. The lowest BCUT2D eigenvalue weighted by molar-refractivity contribution is 0.267. The van der Waals surface area contributed by atoms with E-state index in [0.717, 1.165) is 5.56 Å². The fraction of sp³-hybridized carbons (Fsp3) is 0.353. The number of H-pyrrole nitrogens is 1. The van der Waals surface area contributed by atoms with Gasteiger partial charge in [-0.25, -0.2) is 13.1 Å². The summed E-state index contributed by atoms with van der Waals surface area (Å²) in [5.41, 5.74) is 1.17. The van der Waals surface area contributed by atoms with E-state index in [9.17, 15) is 13.2 Å². The van der Waals surface area contributed by atoms with E-state index in [1.54, 1.807) is 24.3 Å². The molecule has 6 nitrogen and oxygen atoms in total. The van der Waals surface area contributed by atoms with Gasteiger partial charge in [0.2, 0.25) is 15.5 Å². The second-order valence-electron chi connectivity index (χ2n) is 6.03. The molecule has 0 saturated carbocycles. The predicted molar refractivity (Wildman–Crippen MR) is 92.6 cm³/mol. The summed E-state index contributed by atoms with van der Waals surface area (Å²) in [7, 11) is -3.62. The van der Waals surface area contributed by atoms with E-state index in [2.05, 4.69) is 9.71 Å². The van der Waals surface area contributed by atoms with Crippen molar-refractivity contribution in [3.05, 3.63) is 58.0 Å². The minimum atomic E-state index is -3.62. The third kappa shape index (κ3) is 4.94. The van der Waals surface area contributed by atoms with Crippen molar-refractivity contribution >= 4 is 10.0 Å². The van der Waals surface area contributed by atoms with Gasteiger partial charge in [0.1, 0.15) is 0 Å². The van der Waals surface area contributed by atoms with Crippen LogP contribution in [0.4, 0.5) is 0 Å². The maximum atomic E-state index is 12.2. The molecular weight excluding hydrogens is 328 g/mol.